The number of pyridine rings is 1. The second kappa shape index (κ2) is 5.63. The highest BCUT2D eigenvalue weighted by molar-refractivity contribution is 7.10. The zero-order chi connectivity index (χ0) is 13.9. The number of nitrogens with one attached hydrogen (secondary N) is 1. The van der Waals surface area contributed by atoms with Gasteiger partial charge in [-0.2, -0.15) is 0 Å². The van der Waals surface area contributed by atoms with Crippen LogP contribution in [0.25, 0.3) is 0 Å². The molecule has 0 saturated carbocycles. The van der Waals surface area contributed by atoms with Gasteiger partial charge in [0.2, 0.25) is 0 Å². The van der Waals surface area contributed by atoms with Gasteiger partial charge in [-0.25, -0.2) is 4.79 Å². The van der Waals surface area contributed by atoms with Crippen LogP contribution in [0.5, 0.6) is 0 Å². The maximum atomic E-state index is 12.3. The quantitative estimate of drug-likeness (QED) is 0.923. The average Bonchev–Trinajstić information content (AvgIpc) is 2.95. The van der Waals surface area contributed by atoms with Gasteiger partial charge in [-0.15, -0.1) is 11.3 Å². The van der Waals surface area contributed by atoms with Crippen molar-refractivity contribution in [2.45, 2.75) is 25.9 Å². The third kappa shape index (κ3) is 2.67. The van der Waals surface area contributed by atoms with Crippen LogP contribution in [0, 0.1) is 0 Å². The molecule has 2 aromatic heterocycles. The van der Waals surface area contributed by atoms with Gasteiger partial charge >= 0.3 is 6.03 Å². The minimum atomic E-state index is -0.0763. The lowest BCUT2D eigenvalue weighted by atomic mass is 10.1. The number of hydrogen-bond donors (Lipinski definition) is 1. The third-order valence-electron chi connectivity index (χ3n) is 3.57. The summed E-state index contributed by atoms with van der Waals surface area (Å²) in [5.41, 5.74) is 2.16. The number of carbonyl (C=O) groups is 1. The van der Waals surface area contributed by atoms with Crippen molar-refractivity contribution in [3.05, 3.63) is 52.0 Å². The van der Waals surface area contributed by atoms with E-state index in [-0.39, 0.29) is 12.1 Å². The Morgan fingerprint density at radius 3 is 3.15 bits per heavy atom. The number of carbonyl (C=O) groups excluding carboxylic acids is 1. The van der Waals surface area contributed by atoms with Crippen molar-refractivity contribution in [3.8, 4) is 0 Å². The molecule has 4 nitrogen and oxygen atoms in total. The molecule has 1 aliphatic rings. The summed E-state index contributed by atoms with van der Waals surface area (Å²) in [5, 5.41) is 5.12. The Morgan fingerprint density at radius 1 is 1.45 bits per heavy atom. The van der Waals surface area contributed by atoms with E-state index in [0.717, 1.165) is 18.7 Å². The van der Waals surface area contributed by atoms with Crippen molar-refractivity contribution in [2.24, 2.45) is 0 Å². The van der Waals surface area contributed by atoms with Crippen molar-refractivity contribution in [3.63, 3.8) is 0 Å². The van der Waals surface area contributed by atoms with Crippen molar-refractivity contribution in [1.82, 2.24) is 15.2 Å². The van der Waals surface area contributed by atoms with Gasteiger partial charge in [0.25, 0.3) is 0 Å². The first-order chi connectivity index (χ1) is 9.74. The lowest BCUT2D eigenvalue weighted by molar-refractivity contribution is 0.189. The van der Waals surface area contributed by atoms with E-state index in [0.29, 0.717) is 6.54 Å². The second-order valence-electron chi connectivity index (χ2n) is 4.97. The van der Waals surface area contributed by atoms with Crippen LogP contribution in [0.4, 0.5) is 4.79 Å². The predicted molar refractivity (Wildman–Crippen MR) is 79.6 cm³/mol. The lowest BCUT2D eigenvalue weighted by Crippen LogP contribution is -2.43. The monoisotopic (exact) mass is 287 g/mol. The van der Waals surface area contributed by atoms with Gasteiger partial charge in [0.05, 0.1) is 11.7 Å². The number of hydrogen-bond acceptors (Lipinski definition) is 3. The lowest BCUT2D eigenvalue weighted by Gasteiger charge is -2.28. The van der Waals surface area contributed by atoms with Crippen LogP contribution in [0.3, 0.4) is 0 Å². The van der Waals surface area contributed by atoms with E-state index in [4.69, 9.17) is 0 Å². The molecule has 0 fully saturated rings. The van der Waals surface area contributed by atoms with Crippen LogP contribution in [-0.2, 0) is 13.0 Å². The number of nitrogens with zero attached hydrogens (tertiary/aromatic N) is 2. The standard InChI is InChI=1S/C15H17N3OS/c1-11(13-4-2-3-7-16-13)17-15(19)18-8-5-14-12(10-18)6-9-20-14/h2-4,6-7,9,11H,5,8,10H2,1H3,(H,17,19). The molecule has 2 amide bonds. The molecular formula is C15H17N3OS. The minimum absolute atomic E-state index is 0.0139. The first-order valence-electron chi connectivity index (χ1n) is 6.75. The van der Waals surface area contributed by atoms with Gasteiger partial charge in [-0.1, -0.05) is 6.07 Å². The Balaban J connectivity index is 1.63. The molecular weight excluding hydrogens is 270 g/mol. The first kappa shape index (κ1) is 13.1. The molecule has 0 saturated heterocycles. The molecule has 0 aromatic carbocycles. The van der Waals surface area contributed by atoms with Crippen LogP contribution in [0.2, 0.25) is 0 Å². The van der Waals surface area contributed by atoms with Gasteiger partial charge in [-0.05, 0) is 42.5 Å². The zero-order valence-corrected chi connectivity index (χ0v) is 12.2. The average molecular weight is 287 g/mol. The number of thiophene rings is 1. The van der Waals surface area contributed by atoms with Crippen LogP contribution in [-0.4, -0.2) is 22.5 Å². The molecule has 1 N–H and O–H groups in total. The topological polar surface area (TPSA) is 45.2 Å². The summed E-state index contributed by atoms with van der Waals surface area (Å²) in [6.45, 7) is 3.45. The van der Waals surface area contributed by atoms with Crippen LogP contribution < -0.4 is 5.32 Å². The van der Waals surface area contributed by atoms with Gasteiger partial charge < -0.3 is 10.2 Å². The van der Waals surface area contributed by atoms with E-state index in [1.54, 1.807) is 17.5 Å². The summed E-state index contributed by atoms with van der Waals surface area (Å²) in [7, 11) is 0. The molecule has 3 heterocycles. The van der Waals surface area contributed by atoms with Gasteiger partial charge in [0, 0.05) is 24.2 Å². The van der Waals surface area contributed by atoms with E-state index < -0.39 is 0 Å². The van der Waals surface area contributed by atoms with Crippen molar-refractivity contribution < 1.29 is 4.79 Å². The molecule has 0 radical (unpaired) electrons. The molecule has 2 aromatic rings. The normalized spacial score (nSPS) is 15.6. The number of fused-ring (bicyclic) bond motifs is 1. The minimum Gasteiger partial charge on any atom is -0.330 e. The fourth-order valence-electron chi connectivity index (χ4n) is 2.40. The van der Waals surface area contributed by atoms with E-state index in [1.165, 1.54) is 10.4 Å². The second-order valence-corrected chi connectivity index (χ2v) is 5.97. The smallest absolute Gasteiger partial charge is 0.318 e. The summed E-state index contributed by atoms with van der Waals surface area (Å²) in [5.74, 6) is 0. The molecule has 0 bridgehead atoms. The number of urea groups is 1. The van der Waals surface area contributed by atoms with Gasteiger partial charge in [-0.3, -0.25) is 4.98 Å². The van der Waals surface area contributed by atoms with Gasteiger partial charge in [0.15, 0.2) is 0 Å². The van der Waals surface area contributed by atoms with E-state index in [9.17, 15) is 4.79 Å². The van der Waals surface area contributed by atoms with E-state index in [1.807, 2.05) is 30.0 Å². The Labute approximate surface area is 122 Å². The summed E-state index contributed by atoms with van der Waals surface area (Å²) < 4.78 is 0. The highest BCUT2D eigenvalue weighted by Gasteiger charge is 2.22. The largest absolute Gasteiger partial charge is 0.330 e. The Morgan fingerprint density at radius 2 is 2.35 bits per heavy atom. The maximum Gasteiger partial charge on any atom is 0.318 e. The molecule has 5 heteroatoms. The van der Waals surface area contributed by atoms with Crippen molar-refractivity contribution >= 4 is 17.4 Å². The first-order valence-corrected chi connectivity index (χ1v) is 7.63. The number of rotatable bonds is 2. The zero-order valence-electron chi connectivity index (χ0n) is 11.4. The molecule has 0 aliphatic carbocycles. The number of amides is 2. The van der Waals surface area contributed by atoms with Crippen LogP contribution in [0.1, 0.15) is 29.1 Å². The fraction of sp³-hybridized carbons (Fsp3) is 0.333. The third-order valence-corrected chi connectivity index (χ3v) is 4.59. The highest BCUT2D eigenvalue weighted by atomic mass is 32.1. The van der Waals surface area contributed by atoms with Crippen molar-refractivity contribution in [1.29, 1.82) is 0 Å². The molecule has 1 unspecified atom stereocenters. The number of aromatic nitrogens is 1. The summed E-state index contributed by atoms with van der Waals surface area (Å²) in [6, 6.07) is 7.76. The molecule has 3 rings (SSSR count). The molecule has 20 heavy (non-hydrogen) atoms. The summed E-state index contributed by atoms with van der Waals surface area (Å²) in [4.78, 5) is 19.9. The fourth-order valence-corrected chi connectivity index (χ4v) is 3.29. The molecule has 1 aliphatic heterocycles. The molecule has 0 spiro atoms. The SMILES string of the molecule is CC(NC(=O)N1CCc2sccc2C1)c1ccccn1. The summed E-state index contributed by atoms with van der Waals surface area (Å²) in [6.07, 6.45) is 2.70. The van der Waals surface area contributed by atoms with E-state index in [2.05, 4.69) is 21.7 Å². The van der Waals surface area contributed by atoms with Crippen LogP contribution >= 0.6 is 11.3 Å². The summed E-state index contributed by atoms with van der Waals surface area (Å²) >= 11 is 1.78. The Bertz CT molecular complexity index is 596. The Kier molecular flexibility index (Phi) is 3.69. The maximum absolute atomic E-state index is 12.3. The highest BCUT2D eigenvalue weighted by Crippen LogP contribution is 2.24. The van der Waals surface area contributed by atoms with Gasteiger partial charge in [0.1, 0.15) is 0 Å². The van der Waals surface area contributed by atoms with Crippen molar-refractivity contribution in [2.75, 3.05) is 6.54 Å². The van der Waals surface area contributed by atoms with Crippen LogP contribution in [0.15, 0.2) is 35.8 Å². The Hall–Kier alpha value is -1.88. The molecule has 104 valence electrons. The predicted octanol–water partition coefficient (Wildman–Crippen LogP) is 2.97. The van der Waals surface area contributed by atoms with E-state index >= 15 is 0 Å². The molecule has 1 atom stereocenters.